The van der Waals surface area contributed by atoms with Crippen molar-refractivity contribution < 1.29 is 22.8 Å². The Hall–Kier alpha value is -3.49. The number of fused-ring (bicyclic) bond motifs is 1. The van der Waals surface area contributed by atoms with Crippen molar-refractivity contribution >= 4 is 17.4 Å². The molecule has 4 rings (SSSR count). The van der Waals surface area contributed by atoms with Gasteiger partial charge in [-0.15, -0.1) is 0 Å². The molecule has 0 spiro atoms. The zero-order valence-corrected chi connectivity index (χ0v) is 16.8. The summed E-state index contributed by atoms with van der Waals surface area (Å²) in [6.45, 7) is 3.65. The van der Waals surface area contributed by atoms with Gasteiger partial charge in [0.25, 0.3) is 5.91 Å². The van der Waals surface area contributed by atoms with Crippen LogP contribution in [0, 0.1) is 6.92 Å². The van der Waals surface area contributed by atoms with Crippen molar-refractivity contribution in [2.45, 2.75) is 38.4 Å². The van der Waals surface area contributed by atoms with Gasteiger partial charge in [-0.05, 0) is 49.6 Å². The molecule has 3 heterocycles. The van der Waals surface area contributed by atoms with E-state index in [1.54, 1.807) is 23.9 Å². The van der Waals surface area contributed by atoms with Crippen molar-refractivity contribution in [2.24, 2.45) is 0 Å². The van der Waals surface area contributed by atoms with Crippen LogP contribution in [-0.4, -0.2) is 26.5 Å². The molecule has 2 atom stereocenters. The molecular formula is C22H19F3N4O2. The predicted molar refractivity (Wildman–Crippen MR) is 107 cm³/mol. The first kappa shape index (κ1) is 20.8. The lowest BCUT2D eigenvalue weighted by Crippen LogP contribution is -2.29. The highest BCUT2D eigenvalue weighted by molar-refractivity contribution is 6.11. The number of Topliss-reactive ketones (excluding diaryl/α,β-unsaturated/α-hetero) is 1. The molecule has 0 fully saturated rings. The normalized spacial score (nSPS) is 18.5. The van der Waals surface area contributed by atoms with Gasteiger partial charge in [0.2, 0.25) is 0 Å². The number of hydrogen-bond acceptors (Lipinski definition) is 4. The molecule has 1 N–H and O–H groups in total. The maximum absolute atomic E-state index is 13.3. The first-order valence-electron chi connectivity index (χ1n) is 9.67. The number of ketones is 1. The summed E-state index contributed by atoms with van der Waals surface area (Å²) >= 11 is 0. The van der Waals surface area contributed by atoms with E-state index < -0.39 is 23.6 Å². The molecule has 160 valence electrons. The van der Waals surface area contributed by atoms with E-state index in [-0.39, 0.29) is 23.2 Å². The molecule has 0 radical (unpaired) electrons. The van der Waals surface area contributed by atoms with Crippen LogP contribution in [0.3, 0.4) is 0 Å². The minimum atomic E-state index is -4.44. The van der Waals surface area contributed by atoms with E-state index in [2.05, 4.69) is 15.4 Å². The Labute approximate surface area is 176 Å². The largest absolute Gasteiger partial charge is 0.416 e. The summed E-state index contributed by atoms with van der Waals surface area (Å²) in [6.07, 6.45) is 0.392. The number of carbonyl (C=O) groups is 2. The van der Waals surface area contributed by atoms with Gasteiger partial charge in [0, 0.05) is 12.4 Å². The number of aromatic nitrogens is 3. The lowest BCUT2D eigenvalue weighted by molar-refractivity contribution is -0.137. The van der Waals surface area contributed by atoms with E-state index in [9.17, 15) is 22.8 Å². The molecule has 0 saturated heterocycles. The third-order valence-corrected chi connectivity index (χ3v) is 5.51. The van der Waals surface area contributed by atoms with Gasteiger partial charge in [-0.2, -0.15) is 18.3 Å². The number of alkyl halides is 3. The van der Waals surface area contributed by atoms with Gasteiger partial charge in [-0.3, -0.25) is 19.3 Å². The molecule has 1 unspecified atom stereocenters. The summed E-state index contributed by atoms with van der Waals surface area (Å²) in [4.78, 5) is 29.9. The Balaban J connectivity index is 1.64. The molecule has 6 nitrogen and oxygen atoms in total. The number of aryl methyl sites for hydroxylation is 1. The number of halogens is 3. The number of anilines is 1. The van der Waals surface area contributed by atoms with Crippen LogP contribution in [0.4, 0.5) is 18.9 Å². The quantitative estimate of drug-likeness (QED) is 0.651. The summed E-state index contributed by atoms with van der Waals surface area (Å²) in [5.74, 6) is -1.34. The Morgan fingerprint density at radius 1 is 1.16 bits per heavy atom. The van der Waals surface area contributed by atoms with Crippen LogP contribution >= 0.6 is 0 Å². The second kappa shape index (κ2) is 7.64. The average Bonchev–Trinajstić information content (AvgIpc) is 3.15. The maximum Gasteiger partial charge on any atom is 0.416 e. The number of rotatable bonds is 3. The first-order valence-corrected chi connectivity index (χ1v) is 9.67. The Bertz CT molecular complexity index is 1150. The zero-order chi connectivity index (χ0) is 22.3. The van der Waals surface area contributed by atoms with E-state index in [1.807, 2.05) is 6.92 Å². The fraction of sp³-hybridized carbons (Fsp3) is 0.273. The second-order valence-electron chi connectivity index (χ2n) is 7.62. The standard InChI is InChI=1S/C22H19F3N4O2/c1-12-7-8-26-10-17(12)21(31)28-18-11-27-29-13(2)9-16(20(30)19(18)29)14-3-5-15(6-4-14)22(23,24)25/h3-8,10-11,13,16H,9H2,1-2H3,(H,28,31)/t13-,16?/m0/s1. The Morgan fingerprint density at radius 3 is 2.52 bits per heavy atom. The molecule has 1 aliphatic rings. The SMILES string of the molecule is Cc1ccncc1C(=O)Nc1cnn2c1C(=O)C(c1ccc(C(F)(F)F)cc1)C[C@@H]2C. The van der Waals surface area contributed by atoms with Crippen molar-refractivity contribution in [1.82, 2.24) is 14.8 Å². The Kier molecular flexibility index (Phi) is 5.12. The van der Waals surface area contributed by atoms with Crippen LogP contribution in [0.2, 0.25) is 0 Å². The van der Waals surface area contributed by atoms with Gasteiger partial charge >= 0.3 is 6.18 Å². The third kappa shape index (κ3) is 3.83. The highest BCUT2D eigenvalue weighted by Gasteiger charge is 2.37. The van der Waals surface area contributed by atoms with E-state index in [1.165, 1.54) is 24.5 Å². The highest BCUT2D eigenvalue weighted by atomic mass is 19.4. The molecule has 0 saturated carbocycles. The van der Waals surface area contributed by atoms with E-state index in [0.717, 1.165) is 17.7 Å². The fourth-order valence-electron chi connectivity index (χ4n) is 3.83. The summed E-state index contributed by atoms with van der Waals surface area (Å²) in [5.41, 5.74) is 1.34. The Morgan fingerprint density at radius 2 is 1.87 bits per heavy atom. The monoisotopic (exact) mass is 428 g/mol. The second-order valence-corrected chi connectivity index (χ2v) is 7.62. The molecule has 1 amide bonds. The van der Waals surface area contributed by atoms with Gasteiger partial charge in [0.1, 0.15) is 5.69 Å². The van der Waals surface area contributed by atoms with E-state index in [0.29, 0.717) is 17.5 Å². The van der Waals surface area contributed by atoms with Crippen molar-refractivity contribution in [1.29, 1.82) is 0 Å². The number of benzene rings is 1. The van der Waals surface area contributed by atoms with Gasteiger partial charge in [-0.1, -0.05) is 12.1 Å². The molecule has 1 aliphatic heterocycles. The van der Waals surface area contributed by atoms with Crippen molar-refractivity contribution in [2.75, 3.05) is 5.32 Å². The van der Waals surface area contributed by atoms with Gasteiger partial charge in [-0.25, -0.2) is 0 Å². The lowest BCUT2D eigenvalue weighted by Gasteiger charge is -2.28. The molecule has 9 heteroatoms. The summed E-state index contributed by atoms with van der Waals surface area (Å²) in [6, 6.07) is 6.16. The molecule has 0 aliphatic carbocycles. The molecule has 31 heavy (non-hydrogen) atoms. The van der Waals surface area contributed by atoms with Crippen LogP contribution in [0.1, 0.15) is 62.8 Å². The number of hydrogen-bond donors (Lipinski definition) is 1. The van der Waals surface area contributed by atoms with Crippen LogP contribution in [0.15, 0.2) is 48.9 Å². The summed E-state index contributed by atoms with van der Waals surface area (Å²) < 4.78 is 40.2. The van der Waals surface area contributed by atoms with Crippen molar-refractivity contribution in [3.8, 4) is 0 Å². The highest BCUT2D eigenvalue weighted by Crippen LogP contribution is 2.39. The minimum Gasteiger partial charge on any atom is -0.319 e. The fourth-order valence-corrected chi connectivity index (χ4v) is 3.83. The summed E-state index contributed by atoms with van der Waals surface area (Å²) in [5, 5.41) is 6.98. The first-order chi connectivity index (χ1) is 14.7. The number of carbonyl (C=O) groups excluding carboxylic acids is 2. The zero-order valence-electron chi connectivity index (χ0n) is 16.8. The smallest absolute Gasteiger partial charge is 0.319 e. The van der Waals surface area contributed by atoms with Crippen LogP contribution in [0.25, 0.3) is 0 Å². The van der Waals surface area contributed by atoms with E-state index in [4.69, 9.17) is 0 Å². The number of nitrogens with zero attached hydrogens (tertiary/aromatic N) is 3. The van der Waals surface area contributed by atoms with Crippen LogP contribution < -0.4 is 5.32 Å². The number of pyridine rings is 1. The molecule has 2 aromatic heterocycles. The average molecular weight is 428 g/mol. The van der Waals surface area contributed by atoms with Crippen LogP contribution in [-0.2, 0) is 6.18 Å². The number of nitrogens with one attached hydrogen (secondary N) is 1. The van der Waals surface area contributed by atoms with Gasteiger partial charge in [0.05, 0.1) is 35.0 Å². The van der Waals surface area contributed by atoms with Gasteiger partial charge < -0.3 is 5.32 Å². The van der Waals surface area contributed by atoms with Gasteiger partial charge in [0.15, 0.2) is 5.78 Å². The minimum absolute atomic E-state index is 0.175. The number of amides is 1. The molecule has 1 aromatic carbocycles. The van der Waals surface area contributed by atoms with Crippen molar-refractivity contribution in [3.63, 3.8) is 0 Å². The van der Waals surface area contributed by atoms with Crippen LogP contribution in [0.5, 0.6) is 0 Å². The topological polar surface area (TPSA) is 76.9 Å². The predicted octanol–water partition coefficient (Wildman–Crippen LogP) is 4.79. The molecular weight excluding hydrogens is 409 g/mol. The molecule has 3 aromatic rings. The summed E-state index contributed by atoms with van der Waals surface area (Å²) in [7, 11) is 0. The van der Waals surface area contributed by atoms with E-state index >= 15 is 0 Å². The lowest BCUT2D eigenvalue weighted by atomic mass is 9.84. The van der Waals surface area contributed by atoms with Crippen molar-refractivity contribution in [3.05, 3.63) is 76.9 Å². The third-order valence-electron chi connectivity index (χ3n) is 5.51. The molecule has 0 bridgehead atoms. The maximum atomic E-state index is 13.3.